The molecule has 3 N–H and O–H groups in total. The molecule has 2 heterocycles. The largest absolute Gasteiger partial charge is 0.344 e. The highest BCUT2D eigenvalue weighted by Gasteiger charge is 1.91. The Labute approximate surface area is 54.9 Å². The first kappa shape index (κ1) is 6.12. The maximum Gasteiger partial charge on any atom is 0.162 e. The van der Waals surface area contributed by atoms with E-state index in [1.807, 2.05) is 0 Å². The van der Waals surface area contributed by atoms with Gasteiger partial charge in [-0.05, 0) is 5.21 Å². The molecule has 0 saturated heterocycles. The Balaban J connectivity index is 0.000000405. The minimum atomic E-state index is 0. The molecule has 0 aliphatic heterocycles. The van der Waals surface area contributed by atoms with Crippen LogP contribution < -0.4 is 6.15 Å². The Morgan fingerprint density at radius 1 is 1.56 bits per heavy atom. The SMILES string of the molecule is N.c1nn2nncc2s1. The molecule has 0 aliphatic rings. The summed E-state index contributed by atoms with van der Waals surface area (Å²) >= 11 is 1.52. The van der Waals surface area contributed by atoms with Gasteiger partial charge in [-0.3, -0.25) is 0 Å². The molecule has 0 spiro atoms. The van der Waals surface area contributed by atoms with E-state index in [4.69, 9.17) is 0 Å². The topological polar surface area (TPSA) is 78.1 Å². The number of aromatic nitrogens is 4. The molecule has 0 amide bonds. The summed E-state index contributed by atoms with van der Waals surface area (Å²) in [5.74, 6) is 0. The molecule has 2 aromatic rings. The van der Waals surface area contributed by atoms with E-state index in [9.17, 15) is 0 Å². The van der Waals surface area contributed by atoms with Gasteiger partial charge in [0.05, 0.1) is 6.20 Å². The van der Waals surface area contributed by atoms with E-state index in [1.165, 1.54) is 16.0 Å². The van der Waals surface area contributed by atoms with Crippen LogP contribution in [0.15, 0.2) is 11.7 Å². The van der Waals surface area contributed by atoms with Crippen LogP contribution in [0.2, 0.25) is 0 Å². The lowest BCUT2D eigenvalue weighted by molar-refractivity contribution is 0.757. The van der Waals surface area contributed by atoms with Gasteiger partial charge < -0.3 is 6.15 Å². The maximum atomic E-state index is 3.84. The molecule has 0 unspecified atom stereocenters. The summed E-state index contributed by atoms with van der Waals surface area (Å²) in [6.45, 7) is 0. The summed E-state index contributed by atoms with van der Waals surface area (Å²) < 4.78 is 1.49. The lowest BCUT2D eigenvalue weighted by Crippen LogP contribution is -1.83. The van der Waals surface area contributed by atoms with Crippen molar-refractivity contribution in [1.29, 1.82) is 0 Å². The standard InChI is InChI=1S/C3H2N4S.H3N/c1-3-7(6-4-1)5-2-8-3;/h1-2H;1H3. The predicted octanol–water partition coefficient (Wildman–Crippen LogP) is 0.348. The van der Waals surface area contributed by atoms with Crippen molar-refractivity contribution >= 4 is 16.2 Å². The van der Waals surface area contributed by atoms with Crippen LogP contribution in [0.3, 0.4) is 0 Å². The van der Waals surface area contributed by atoms with E-state index in [-0.39, 0.29) is 6.15 Å². The molecular weight excluding hydrogens is 138 g/mol. The molecule has 6 heteroatoms. The molecule has 0 aromatic carbocycles. The number of hydrogen-bond acceptors (Lipinski definition) is 5. The van der Waals surface area contributed by atoms with Crippen molar-refractivity contribution in [1.82, 2.24) is 26.2 Å². The second-order valence-corrected chi connectivity index (χ2v) is 2.17. The smallest absolute Gasteiger partial charge is 0.162 e. The molecule has 0 saturated carbocycles. The van der Waals surface area contributed by atoms with Gasteiger partial charge in [-0.2, -0.15) is 0 Å². The van der Waals surface area contributed by atoms with Crippen molar-refractivity contribution in [2.75, 3.05) is 0 Å². The van der Waals surface area contributed by atoms with Crippen molar-refractivity contribution in [2.45, 2.75) is 0 Å². The van der Waals surface area contributed by atoms with Crippen LogP contribution in [-0.2, 0) is 0 Å². The highest BCUT2D eigenvalue weighted by Crippen LogP contribution is 2.02. The van der Waals surface area contributed by atoms with E-state index in [1.54, 1.807) is 11.7 Å². The Kier molecular flexibility index (Phi) is 1.41. The molecule has 9 heavy (non-hydrogen) atoms. The molecule has 2 rings (SSSR count). The van der Waals surface area contributed by atoms with Crippen molar-refractivity contribution in [2.24, 2.45) is 0 Å². The number of fused-ring (bicyclic) bond motifs is 1. The first-order valence-corrected chi connectivity index (χ1v) is 2.95. The summed E-state index contributed by atoms with van der Waals surface area (Å²) in [5, 5.41) is 11.1. The quantitative estimate of drug-likeness (QED) is 0.577. The summed E-state index contributed by atoms with van der Waals surface area (Å²) in [6, 6.07) is 0. The third kappa shape index (κ3) is 0.775. The second-order valence-electron chi connectivity index (χ2n) is 1.30. The average Bonchev–Trinajstić information content (AvgIpc) is 2.15. The van der Waals surface area contributed by atoms with Crippen LogP contribution in [0.25, 0.3) is 4.83 Å². The molecule has 2 aromatic heterocycles. The minimum absolute atomic E-state index is 0. The lowest BCUT2D eigenvalue weighted by Gasteiger charge is -1.66. The number of hydrogen-bond donors (Lipinski definition) is 1. The molecule has 48 valence electrons. The average molecular weight is 143 g/mol. The fraction of sp³-hybridized carbons (Fsp3) is 0. The van der Waals surface area contributed by atoms with E-state index in [2.05, 4.69) is 15.4 Å². The highest BCUT2D eigenvalue weighted by atomic mass is 32.1. The number of rotatable bonds is 0. The van der Waals surface area contributed by atoms with E-state index >= 15 is 0 Å². The van der Waals surface area contributed by atoms with Gasteiger partial charge in [-0.1, -0.05) is 11.3 Å². The number of nitrogens with zero attached hydrogens (tertiary/aromatic N) is 4. The van der Waals surface area contributed by atoms with Crippen LogP contribution in [-0.4, -0.2) is 20.0 Å². The zero-order valence-electron chi connectivity index (χ0n) is 4.56. The molecule has 0 aliphatic carbocycles. The molecule has 0 atom stereocenters. The summed E-state index contributed by atoms with van der Waals surface area (Å²) in [4.78, 5) is 0.977. The third-order valence-corrected chi connectivity index (χ3v) is 1.54. The molecule has 0 bridgehead atoms. The Hall–Kier alpha value is -1.01. The fourth-order valence-corrected chi connectivity index (χ4v) is 1.03. The van der Waals surface area contributed by atoms with Crippen molar-refractivity contribution in [3.05, 3.63) is 11.7 Å². The van der Waals surface area contributed by atoms with Gasteiger partial charge in [-0.15, -0.1) is 14.8 Å². The van der Waals surface area contributed by atoms with Gasteiger partial charge in [-0.25, -0.2) is 0 Å². The van der Waals surface area contributed by atoms with E-state index < -0.39 is 0 Å². The fourth-order valence-electron chi connectivity index (χ4n) is 0.500. The van der Waals surface area contributed by atoms with Crippen LogP contribution >= 0.6 is 11.3 Å². The molecule has 5 nitrogen and oxygen atoms in total. The van der Waals surface area contributed by atoms with Crippen molar-refractivity contribution < 1.29 is 0 Å². The molecule has 0 radical (unpaired) electrons. The Morgan fingerprint density at radius 3 is 3.22 bits per heavy atom. The summed E-state index contributed by atoms with van der Waals surface area (Å²) in [5.41, 5.74) is 1.73. The zero-order valence-corrected chi connectivity index (χ0v) is 5.38. The minimum Gasteiger partial charge on any atom is -0.344 e. The van der Waals surface area contributed by atoms with Gasteiger partial charge in [0, 0.05) is 0 Å². The van der Waals surface area contributed by atoms with Crippen molar-refractivity contribution in [3.8, 4) is 0 Å². The second kappa shape index (κ2) is 2.08. The van der Waals surface area contributed by atoms with Crippen LogP contribution in [0.4, 0.5) is 0 Å². The first-order valence-electron chi connectivity index (χ1n) is 2.07. The first-order chi connectivity index (χ1) is 3.97. The third-order valence-electron chi connectivity index (χ3n) is 0.832. The zero-order chi connectivity index (χ0) is 5.40. The van der Waals surface area contributed by atoms with E-state index in [0.29, 0.717) is 0 Å². The highest BCUT2D eigenvalue weighted by molar-refractivity contribution is 7.15. The summed E-state index contributed by atoms with van der Waals surface area (Å²) in [6.07, 6.45) is 1.68. The molecule has 0 fully saturated rings. The van der Waals surface area contributed by atoms with Crippen LogP contribution in [0.1, 0.15) is 0 Å². The van der Waals surface area contributed by atoms with Gasteiger partial charge in [0.2, 0.25) is 0 Å². The predicted molar refractivity (Wildman–Crippen MR) is 33.7 cm³/mol. The maximum absolute atomic E-state index is 3.84. The van der Waals surface area contributed by atoms with Gasteiger partial charge in [0.15, 0.2) is 4.83 Å². The van der Waals surface area contributed by atoms with Gasteiger partial charge >= 0.3 is 0 Å². The normalized spacial score (nSPS) is 9.33. The monoisotopic (exact) mass is 143 g/mol. The Morgan fingerprint density at radius 2 is 2.44 bits per heavy atom. The van der Waals surface area contributed by atoms with E-state index in [0.717, 1.165) is 4.83 Å². The Bertz CT molecular complexity index is 234. The van der Waals surface area contributed by atoms with Gasteiger partial charge in [0.1, 0.15) is 5.51 Å². The van der Waals surface area contributed by atoms with Crippen LogP contribution in [0, 0.1) is 0 Å². The van der Waals surface area contributed by atoms with Crippen LogP contribution in [0.5, 0.6) is 0 Å². The lowest BCUT2D eigenvalue weighted by atomic mass is 11.0. The molecular formula is C3H5N5S. The summed E-state index contributed by atoms with van der Waals surface area (Å²) in [7, 11) is 0. The van der Waals surface area contributed by atoms with Gasteiger partial charge in [0.25, 0.3) is 0 Å². The van der Waals surface area contributed by atoms with Crippen molar-refractivity contribution in [3.63, 3.8) is 0 Å².